The largest absolute Gasteiger partial charge is 0.433 e. The van der Waals surface area contributed by atoms with Crippen molar-refractivity contribution in [3.05, 3.63) is 41.3 Å². The molecule has 0 aliphatic carbocycles. The first-order valence-corrected chi connectivity index (χ1v) is 8.45. The molecule has 1 N–H and O–H groups in total. The summed E-state index contributed by atoms with van der Waals surface area (Å²) < 4.78 is 29.8. The van der Waals surface area contributed by atoms with E-state index in [0.717, 1.165) is 0 Å². The van der Waals surface area contributed by atoms with Gasteiger partial charge in [0.05, 0.1) is 17.9 Å². The standard InChI is InChI=1S/C16H13F2N7OS/c1-16(2,12-11(26-14(17)18)4-3-5-20-12)23-15-22-8-10(24-25-15)13-21-7-9(6-19)27-13/h3-5,7-8,14H,1-2H3,(H,22,23,25). The molecule has 0 saturated carbocycles. The van der Waals surface area contributed by atoms with Gasteiger partial charge in [-0.2, -0.15) is 14.0 Å². The number of hydrogen-bond donors (Lipinski definition) is 1. The van der Waals surface area contributed by atoms with E-state index in [-0.39, 0.29) is 17.4 Å². The van der Waals surface area contributed by atoms with Crippen LogP contribution in [0.5, 0.6) is 5.75 Å². The number of pyridine rings is 1. The molecule has 3 heterocycles. The fourth-order valence-electron chi connectivity index (χ4n) is 2.26. The van der Waals surface area contributed by atoms with Gasteiger partial charge >= 0.3 is 6.61 Å². The minimum atomic E-state index is -2.96. The van der Waals surface area contributed by atoms with Gasteiger partial charge in [-0.1, -0.05) is 0 Å². The Balaban J connectivity index is 1.81. The van der Waals surface area contributed by atoms with Gasteiger partial charge in [-0.15, -0.1) is 21.5 Å². The van der Waals surface area contributed by atoms with E-state index in [0.29, 0.717) is 15.6 Å². The van der Waals surface area contributed by atoms with Crippen LogP contribution in [0.25, 0.3) is 10.7 Å². The average molecular weight is 389 g/mol. The number of alkyl halides is 2. The summed E-state index contributed by atoms with van der Waals surface area (Å²) >= 11 is 1.18. The molecule has 3 aromatic heterocycles. The molecule has 0 aliphatic rings. The highest BCUT2D eigenvalue weighted by Gasteiger charge is 2.28. The van der Waals surface area contributed by atoms with Crippen LogP contribution in [-0.2, 0) is 5.54 Å². The highest BCUT2D eigenvalue weighted by molar-refractivity contribution is 7.15. The van der Waals surface area contributed by atoms with E-state index < -0.39 is 12.2 Å². The van der Waals surface area contributed by atoms with Crippen molar-refractivity contribution in [3.8, 4) is 22.5 Å². The predicted molar refractivity (Wildman–Crippen MR) is 93.2 cm³/mol. The molecule has 0 saturated heterocycles. The zero-order valence-electron chi connectivity index (χ0n) is 14.2. The molecule has 0 unspecified atom stereocenters. The van der Waals surface area contributed by atoms with Crippen molar-refractivity contribution < 1.29 is 13.5 Å². The number of nitrogens with one attached hydrogen (secondary N) is 1. The van der Waals surface area contributed by atoms with Gasteiger partial charge in [0.2, 0.25) is 5.95 Å². The second-order valence-corrected chi connectivity index (χ2v) is 6.82. The van der Waals surface area contributed by atoms with Crippen molar-refractivity contribution in [1.82, 2.24) is 25.1 Å². The fourth-order valence-corrected chi connectivity index (χ4v) is 2.93. The van der Waals surface area contributed by atoms with Crippen LogP contribution in [0.2, 0.25) is 0 Å². The molecule has 0 spiro atoms. The summed E-state index contributed by atoms with van der Waals surface area (Å²) in [6, 6.07) is 4.92. The van der Waals surface area contributed by atoms with Gasteiger partial charge in [0, 0.05) is 6.20 Å². The highest BCUT2D eigenvalue weighted by Crippen LogP contribution is 2.31. The summed E-state index contributed by atoms with van der Waals surface area (Å²) in [4.78, 5) is 12.9. The van der Waals surface area contributed by atoms with Crippen molar-refractivity contribution in [3.63, 3.8) is 0 Å². The number of rotatable bonds is 6. The Hall–Kier alpha value is -3.26. The van der Waals surface area contributed by atoms with Gasteiger partial charge in [-0.25, -0.2) is 9.97 Å². The minimum Gasteiger partial charge on any atom is -0.433 e. The van der Waals surface area contributed by atoms with E-state index in [4.69, 9.17) is 5.26 Å². The normalized spacial score (nSPS) is 11.3. The van der Waals surface area contributed by atoms with Crippen LogP contribution in [-0.4, -0.2) is 31.8 Å². The predicted octanol–water partition coefficient (Wildman–Crippen LogP) is 3.21. The summed E-state index contributed by atoms with van der Waals surface area (Å²) in [5.74, 6) is 0.135. The second-order valence-electron chi connectivity index (χ2n) is 5.79. The van der Waals surface area contributed by atoms with E-state index in [1.165, 1.54) is 42.1 Å². The fraction of sp³-hybridized carbons (Fsp3) is 0.250. The van der Waals surface area contributed by atoms with Crippen LogP contribution >= 0.6 is 11.3 Å². The molecule has 3 aromatic rings. The van der Waals surface area contributed by atoms with Crippen molar-refractivity contribution in [2.75, 3.05) is 5.32 Å². The van der Waals surface area contributed by atoms with Gasteiger partial charge in [0.1, 0.15) is 33.1 Å². The van der Waals surface area contributed by atoms with E-state index in [1.54, 1.807) is 13.8 Å². The maximum atomic E-state index is 12.6. The summed E-state index contributed by atoms with van der Waals surface area (Å²) in [6.07, 6.45) is 4.39. The molecule has 138 valence electrons. The minimum absolute atomic E-state index is 0.0404. The molecule has 0 atom stereocenters. The van der Waals surface area contributed by atoms with Gasteiger partial charge in [0.25, 0.3) is 0 Å². The zero-order chi connectivity index (χ0) is 19.4. The van der Waals surface area contributed by atoms with Crippen molar-refractivity contribution in [1.29, 1.82) is 5.26 Å². The third kappa shape index (κ3) is 4.29. The molecule has 8 nitrogen and oxygen atoms in total. The van der Waals surface area contributed by atoms with Crippen molar-refractivity contribution in [2.24, 2.45) is 0 Å². The zero-order valence-corrected chi connectivity index (χ0v) is 15.0. The van der Waals surface area contributed by atoms with E-state index in [2.05, 4.69) is 35.2 Å². The lowest BCUT2D eigenvalue weighted by molar-refractivity contribution is -0.0511. The molecule has 0 radical (unpaired) electrons. The van der Waals surface area contributed by atoms with Crippen LogP contribution in [0.4, 0.5) is 14.7 Å². The first-order valence-electron chi connectivity index (χ1n) is 7.63. The van der Waals surface area contributed by atoms with E-state index in [1.807, 2.05) is 6.07 Å². The smallest absolute Gasteiger partial charge is 0.387 e. The summed E-state index contributed by atoms with van der Waals surface area (Å²) in [6.45, 7) is 0.494. The highest BCUT2D eigenvalue weighted by atomic mass is 32.1. The Labute approximate surface area is 156 Å². The molecule has 11 heteroatoms. The lowest BCUT2D eigenvalue weighted by Crippen LogP contribution is -2.31. The molecule has 0 fully saturated rings. The SMILES string of the molecule is CC(C)(Nc1ncc(-c2ncc(C#N)s2)nn1)c1ncccc1OC(F)F. The number of aromatic nitrogens is 5. The molecule has 0 aromatic carbocycles. The van der Waals surface area contributed by atoms with Gasteiger partial charge in [0.15, 0.2) is 0 Å². The van der Waals surface area contributed by atoms with Gasteiger partial charge in [-0.05, 0) is 26.0 Å². The lowest BCUT2D eigenvalue weighted by Gasteiger charge is -2.27. The number of halogens is 2. The van der Waals surface area contributed by atoms with E-state index in [9.17, 15) is 8.78 Å². The topological polar surface area (TPSA) is 110 Å². The molecule has 0 amide bonds. The Bertz CT molecular complexity index is 969. The van der Waals surface area contributed by atoms with Gasteiger partial charge in [-0.3, -0.25) is 4.98 Å². The maximum Gasteiger partial charge on any atom is 0.387 e. The quantitative estimate of drug-likeness (QED) is 0.684. The van der Waals surface area contributed by atoms with Crippen LogP contribution in [0.3, 0.4) is 0 Å². The first kappa shape index (κ1) is 18.5. The Morgan fingerprint density at radius 1 is 1.22 bits per heavy atom. The lowest BCUT2D eigenvalue weighted by atomic mass is 9.99. The summed E-state index contributed by atoms with van der Waals surface area (Å²) in [7, 11) is 0. The van der Waals surface area contributed by atoms with Gasteiger partial charge < -0.3 is 10.1 Å². The van der Waals surface area contributed by atoms with Crippen molar-refractivity contribution in [2.45, 2.75) is 26.0 Å². The molecule has 27 heavy (non-hydrogen) atoms. The average Bonchev–Trinajstić information content (AvgIpc) is 3.11. The number of hydrogen-bond acceptors (Lipinski definition) is 9. The number of nitrogens with zero attached hydrogens (tertiary/aromatic N) is 6. The number of nitriles is 1. The third-order valence-electron chi connectivity index (χ3n) is 3.40. The Kier molecular flexibility index (Phi) is 5.18. The number of ether oxygens (including phenoxy) is 1. The van der Waals surface area contributed by atoms with E-state index >= 15 is 0 Å². The molecular weight excluding hydrogens is 376 g/mol. The molecule has 0 aliphatic heterocycles. The number of thiazole rings is 1. The molecular formula is C16H13F2N7OS. The van der Waals surface area contributed by atoms with Crippen LogP contribution in [0, 0.1) is 11.3 Å². The monoisotopic (exact) mass is 389 g/mol. The Morgan fingerprint density at radius 2 is 2.04 bits per heavy atom. The van der Waals surface area contributed by atoms with Crippen LogP contribution < -0.4 is 10.1 Å². The van der Waals surface area contributed by atoms with Crippen LogP contribution in [0.15, 0.2) is 30.7 Å². The molecule has 3 rings (SSSR count). The van der Waals surface area contributed by atoms with Crippen molar-refractivity contribution >= 4 is 17.3 Å². The summed E-state index contributed by atoms with van der Waals surface area (Å²) in [5, 5.41) is 20.4. The Morgan fingerprint density at radius 3 is 2.67 bits per heavy atom. The molecule has 0 bridgehead atoms. The maximum absolute atomic E-state index is 12.6. The second kappa shape index (κ2) is 7.55. The first-order chi connectivity index (χ1) is 12.9. The number of anilines is 1. The van der Waals surface area contributed by atoms with Crippen LogP contribution in [0.1, 0.15) is 24.4 Å². The third-order valence-corrected chi connectivity index (χ3v) is 4.32. The summed E-state index contributed by atoms with van der Waals surface area (Å²) in [5.41, 5.74) is -0.218.